The van der Waals surface area contributed by atoms with Gasteiger partial charge in [-0.1, -0.05) is 0 Å². The maximum absolute atomic E-state index is 11.0. The van der Waals surface area contributed by atoms with Crippen LogP contribution in [0.15, 0.2) is 0 Å². The minimum Gasteiger partial charge on any atom is -0.343 e. The fourth-order valence-electron chi connectivity index (χ4n) is 1.38. The number of ether oxygens (including phenoxy) is 3. The van der Waals surface area contributed by atoms with Crippen molar-refractivity contribution < 1.29 is 19.0 Å². The average molecular weight is 158 g/mol. The van der Waals surface area contributed by atoms with Crippen LogP contribution >= 0.6 is 0 Å². The highest BCUT2D eigenvalue weighted by Crippen LogP contribution is 2.40. The van der Waals surface area contributed by atoms with Gasteiger partial charge in [0.2, 0.25) is 0 Å². The topological polar surface area (TPSA) is 44.8 Å². The van der Waals surface area contributed by atoms with E-state index >= 15 is 0 Å². The molecule has 2 heterocycles. The van der Waals surface area contributed by atoms with Crippen LogP contribution in [-0.4, -0.2) is 30.6 Å². The van der Waals surface area contributed by atoms with Gasteiger partial charge in [0.15, 0.2) is 24.5 Å². The molecule has 0 N–H and O–H groups in total. The Morgan fingerprint density at radius 3 is 2.82 bits per heavy atom. The van der Waals surface area contributed by atoms with Crippen molar-refractivity contribution in [3.63, 3.8) is 0 Å². The van der Waals surface area contributed by atoms with E-state index in [0.29, 0.717) is 0 Å². The first-order valence-electron chi connectivity index (χ1n) is 3.56. The number of fused-ring (bicyclic) bond motifs is 1. The lowest BCUT2D eigenvalue weighted by molar-refractivity contribution is -0.291. The van der Waals surface area contributed by atoms with Crippen LogP contribution in [0.1, 0.15) is 13.8 Å². The summed E-state index contributed by atoms with van der Waals surface area (Å²) in [5.74, 6) is -0.00995. The van der Waals surface area contributed by atoms with Crippen LogP contribution in [0.25, 0.3) is 0 Å². The minimum absolute atomic E-state index is 0.00995. The predicted octanol–water partition coefficient (Wildman–Crippen LogP) is 0.0633. The van der Waals surface area contributed by atoms with Gasteiger partial charge in [0.05, 0.1) is 0 Å². The first-order chi connectivity index (χ1) is 5.14. The molecule has 62 valence electrons. The Bertz CT molecular complexity index is 203. The Kier molecular flexibility index (Phi) is 1.33. The highest BCUT2D eigenvalue weighted by Gasteiger charge is 2.60. The predicted molar refractivity (Wildman–Crippen MR) is 34.8 cm³/mol. The third kappa shape index (κ3) is 0.772. The maximum atomic E-state index is 11.0. The van der Waals surface area contributed by atoms with E-state index in [1.54, 1.807) is 6.92 Å². The van der Waals surface area contributed by atoms with Crippen molar-refractivity contribution in [2.45, 2.75) is 31.8 Å². The first-order valence-corrected chi connectivity index (χ1v) is 3.56. The van der Waals surface area contributed by atoms with Crippen molar-refractivity contribution in [3.05, 3.63) is 0 Å². The summed E-state index contributed by atoms with van der Waals surface area (Å²) < 4.78 is 15.4. The fourth-order valence-corrected chi connectivity index (χ4v) is 1.38. The normalized spacial score (nSPS) is 48.2. The van der Waals surface area contributed by atoms with Gasteiger partial charge in [0.25, 0.3) is 0 Å². The highest BCUT2D eigenvalue weighted by atomic mass is 16.8. The number of hydrogen-bond donors (Lipinski definition) is 0. The van der Waals surface area contributed by atoms with Gasteiger partial charge in [-0.05, 0) is 13.8 Å². The molecule has 0 amide bonds. The third-order valence-electron chi connectivity index (χ3n) is 2.33. The molecule has 0 radical (unpaired) electrons. The number of carbonyl (C=O) groups is 1. The number of hydrogen-bond acceptors (Lipinski definition) is 4. The van der Waals surface area contributed by atoms with Crippen LogP contribution in [-0.2, 0) is 19.0 Å². The SMILES string of the molecule is CC(=O)C1(C)OC2OCOC21. The fraction of sp³-hybridized carbons (Fsp3) is 0.857. The standard InChI is InChI=1S/C7H10O4/c1-4(8)7(2)5-6(11-7)10-3-9-5/h5-6H,3H2,1-2H3. The quantitative estimate of drug-likeness (QED) is 0.541. The molecule has 0 aromatic rings. The second-order valence-electron chi connectivity index (χ2n) is 3.02. The molecule has 2 aliphatic rings. The summed E-state index contributed by atoms with van der Waals surface area (Å²) in [5.41, 5.74) is -0.763. The Morgan fingerprint density at radius 1 is 1.55 bits per heavy atom. The molecule has 0 bridgehead atoms. The maximum Gasteiger partial charge on any atom is 0.191 e. The molecule has 2 saturated heterocycles. The van der Waals surface area contributed by atoms with E-state index in [1.807, 2.05) is 0 Å². The number of rotatable bonds is 1. The van der Waals surface area contributed by atoms with Crippen molar-refractivity contribution in [2.75, 3.05) is 6.79 Å². The second kappa shape index (κ2) is 2.03. The Hall–Kier alpha value is -0.450. The Labute approximate surface area is 64.4 Å². The van der Waals surface area contributed by atoms with E-state index < -0.39 is 5.60 Å². The largest absolute Gasteiger partial charge is 0.343 e. The van der Waals surface area contributed by atoms with Crippen LogP contribution in [0.3, 0.4) is 0 Å². The molecule has 3 unspecified atom stereocenters. The molecule has 0 spiro atoms. The molecule has 0 aromatic heterocycles. The zero-order chi connectivity index (χ0) is 8.06. The summed E-state index contributed by atoms with van der Waals surface area (Å²) in [4.78, 5) is 11.0. The van der Waals surface area contributed by atoms with Crippen LogP contribution in [0.2, 0.25) is 0 Å². The van der Waals surface area contributed by atoms with Crippen LogP contribution in [0.5, 0.6) is 0 Å². The van der Waals surface area contributed by atoms with Gasteiger partial charge in [-0.25, -0.2) is 0 Å². The molecule has 2 fully saturated rings. The van der Waals surface area contributed by atoms with Crippen molar-refractivity contribution in [1.29, 1.82) is 0 Å². The molecule has 3 atom stereocenters. The lowest BCUT2D eigenvalue weighted by Crippen LogP contribution is -2.64. The van der Waals surface area contributed by atoms with Crippen molar-refractivity contribution >= 4 is 5.78 Å². The number of ketones is 1. The lowest BCUT2D eigenvalue weighted by Gasteiger charge is -2.44. The van der Waals surface area contributed by atoms with Gasteiger partial charge >= 0.3 is 0 Å². The zero-order valence-electron chi connectivity index (χ0n) is 6.49. The molecule has 4 nitrogen and oxygen atoms in total. The molecule has 0 aliphatic carbocycles. The van der Waals surface area contributed by atoms with Gasteiger partial charge in [-0.2, -0.15) is 0 Å². The Balaban J connectivity index is 2.14. The van der Waals surface area contributed by atoms with Crippen LogP contribution in [0, 0.1) is 0 Å². The molecular formula is C7H10O4. The van der Waals surface area contributed by atoms with E-state index in [2.05, 4.69) is 0 Å². The first kappa shape index (κ1) is 7.21. The smallest absolute Gasteiger partial charge is 0.191 e. The summed E-state index contributed by atoms with van der Waals surface area (Å²) in [6, 6.07) is 0. The van der Waals surface area contributed by atoms with E-state index in [4.69, 9.17) is 14.2 Å². The zero-order valence-corrected chi connectivity index (χ0v) is 6.49. The molecule has 11 heavy (non-hydrogen) atoms. The summed E-state index contributed by atoms with van der Waals surface area (Å²) in [6.07, 6.45) is -0.510. The summed E-state index contributed by atoms with van der Waals surface area (Å²) in [7, 11) is 0. The minimum atomic E-state index is -0.763. The molecule has 2 rings (SSSR count). The van der Waals surface area contributed by atoms with E-state index in [-0.39, 0.29) is 25.0 Å². The highest BCUT2D eigenvalue weighted by molar-refractivity contribution is 5.86. The van der Waals surface area contributed by atoms with Crippen LogP contribution in [0.4, 0.5) is 0 Å². The number of Topliss-reactive ketones (excluding diaryl/α,β-unsaturated/α-hetero) is 1. The van der Waals surface area contributed by atoms with E-state index in [9.17, 15) is 4.79 Å². The van der Waals surface area contributed by atoms with Crippen molar-refractivity contribution in [3.8, 4) is 0 Å². The summed E-state index contributed by atoms with van der Waals surface area (Å²) in [6.45, 7) is 3.46. The van der Waals surface area contributed by atoms with Gasteiger partial charge in [0, 0.05) is 0 Å². The number of carbonyl (C=O) groups excluding carboxylic acids is 1. The molecule has 4 heteroatoms. The average Bonchev–Trinajstić information content (AvgIpc) is 2.29. The van der Waals surface area contributed by atoms with Gasteiger partial charge in [0.1, 0.15) is 6.10 Å². The summed E-state index contributed by atoms with van der Waals surface area (Å²) in [5, 5.41) is 0. The van der Waals surface area contributed by atoms with E-state index in [1.165, 1.54) is 6.92 Å². The molecule has 2 aliphatic heterocycles. The van der Waals surface area contributed by atoms with Crippen LogP contribution < -0.4 is 0 Å². The molecular weight excluding hydrogens is 148 g/mol. The molecule has 0 aromatic carbocycles. The molecule has 0 saturated carbocycles. The van der Waals surface area contributed by atoms with Gasteiger partial charge < -0.3 is 14.2 Å². The lowest BCUT2D eigenvalue weighted by atomic mass is 9.88. The van der Waals surface area contributed by atoms with Gasteiger partial charge in [-0.3, -0.25) is 4.79 Å². The van der Waals surface area contributed by atoms with Crippen molar-refractivity contribution in [2.24, 2.45) is 0 Å². The Morgan fingerprint density at radius 2 is 2.27 bits per heavy atom. The van der Waals surface area contributed by atoms with Gasteiger partial charge in [-0.15, -0.1) is 0 Å². The third-order valence-corrected chi connectivity index (χ3v) is 2.33. The van der Waals surface area contributed by atoms with E-state index in [0.717, 1.165) is 0 Å². The second-order valence-corrected chi connectivity index (χ2v) is 3.02. The summed E-state index contributed by atoms with van der Waals surface area (Å²) >= 11 is 0. The monoisotopic (exact) mass is 158 g/mol. The van der Waals surface area contributed by atoms with Crippen molar-refractivity contribution in [1.82, 2.24) is 0 Å².